The van der Waals surface area contributed by atoms with Crippen molar-refractivity contribution in [3.63, 3.8) is 0 Å². The first-order valence-corrected chi connectivity index (χ1v) is 10.2. The molecule has 0 fully saturated rings. The largest absolute Gasteiger partial charge is 0.489 e. The molecular weight excluding hydrogens is 376 g/mol. The summed E-state index contributed by atoms with van der Waals surface area (Å²) in [5, 5.41) is 11.5. The molecule has 5 heteroatoms. The van der Waals surface area contributed by atoms with Crippen molar-refractivity contribution in [1.29, 1.82) is 0 Å². The van der Waals surface area contributed by atoms with Gasteiger partial charge < -0.3 is 20.1 Å². The molecule has 0 aliphatic heterocycles. The zero-order valence-corrected chi connectivity index (χ0v) is 17.3. The van der Waals surface area contributed by atoms with Gasteiger partial charge in [0.05, 0.1) is 6.61 Å². The summed E-state index contributed by atoms with van der Waals surface area (Å²) in [4.78, 5) is 14.3. The van der Waals surface area contributed by atoms with Crippen molar-refractivity contribution in [1.82, 2.24) is 5.32 Å². The second-order valence-electron chi connectivity index (χ2n) is 6.92. The smallest absolute Gasteiger partial charge is 0.251 e. The van der Waals surface area contributed by atoms with E-state index in [2.05, 4.69) is 35.3 Å². The molecule has 0 aromatic heterocycles. The minimum atomic E-state index is -0.182. The summed E-state index contributed by atoms with van der Waals surface area (Å²) in [5.41, 5.74) is 3.86. The second kappa shape index (κ2) is 11.0. The average Bonchev–Trinajstić information content (AvgIpc) is 2.81. The number of carbonyl (C=O) groups excluding carboxylic acids is 1. The third kappa shape index (κ3) is 5.84. The number of anilines is 1. The van der Waals surface area contributed by atoms with Gasteiger partial charge in [-0.05, 0) is 42.8 Å². The zero-order valence-electron chi connectivity index (χ0n) is 17.3. The summed E-state index contributed by atoms with van der Waals surface area (Å²) < 4.78 is 6.09. The van der Waals surface area contributed by atoms with Crippen LogP contribution >= 0.6 is 0 Å². The number of hydrogen-bond donors (Lipinski definition) is 2. The number of benzene rings is 3. The molecule has 0 aliphatic rings. The highest BCUT2D eigenvalue weighted by atomic mass is 16.5. The number of hydrogen-bond acceptors (Lipinski definition) is 4. The van der Waals surface area contributed by atoms with Gasteiger partial charge in [0, 0.05) is 36.4 Å². The molecule has 0 radical (unpaired) electrons. The van der Waals surface area contributed by atoms with Crippen LogP contribution in [0, 0.1) is 0 Å². The molecule has 0 saturated carbocycles. The van der Waals surface area contributed by atoms with Crippen LogP contribution in [-0.2, 0) is 13.2 Å². The minimum Gasteiger partial charge on any atom is -0.489 e. The van der Waals surface area contributed by atoms with Crippen molar-refractivity contribution in [2.75, 3.05) is 24.6 Å². The van der Waals surface area contributed by atoms with Crippen LogP contribution in [0.15, 0.2) is 78.9 Å². The van der Waals surface area contributed by atoms with Crippen LogP contribution < -0.4 is 15.0 Å². The van der Waals surface area contributed by atoms with Crippen LogP contribution in [0.2, 0.25) is 0 Å². The molecule has 0 spiro atoms. The van der Waals surface area contributed by atoms with Crippen LogP contribution in [-0.4, -0.2) is 30.7 Å². The monoisotopic (exact) mass is 404 g/mol. The quantitative estimate of drug-likeness (QED) is 0.536. The van der Waals surface area contributed by atoms with E-state index in [0.717, 1.165) is 29.1 Å². The van der Waals surface area contributed by atoms with E-state index in [1.165, 1.54) is 0 Å². The van der Waals surface area contributed by atoms with Crippen LogP contribution in [0.25, 0.3) is 0 Å². The molecule has 1 amide bonds. The fraction of sp³-hybridized carbons (Fsp3) is 0.240. The van der Waals surface area contributed by atoms with E-state index in [4.69, 9.17) is 9.84 Å². The number of aliphatic hydroxyl groups is 1. The van der Waals surface area contributed by atoms with E-state index >= 15 is 0 Å². The minimum absolute atomic E-state index is 0.0702. The fourth-order valence-electron chi connectivity index (χ4n) is 3.20. The van der Waals surface area contributed by atoms with Crippen molar-refractivity contribution in [3.8, 4) is 5.75 Å². The Morgan fingerprint density at radius 3 is 2.37 bits per heavy atom. The Balaban J connectivity index is 1.69. The highest BCUT2D eigenvalue weighted by Crippen LogP contribution is 2.24. The van der Waals surface area contributed by atoms with Gasteiger partial charge in [0.15, 0.2) is 0 Å². The molecule has 0 bridgehead atoms. The van der Waals surface area contributed by atoms with Crippen molar-refractivity contribution in [3.05, 3.63) is 95.6 Å². The van der Waals surface area contributed by atoms with Crippen LogP contribution in [0.5, 0.6) is 5.75 Å². The molecule has 0 atom stereocenters. The topological polar surface area (TPSA) is 61.8 Å². The number of ether oxygens (including phenoxy) is 1. The van der Waals surface area contributed by atoms with Crippen molar-refractivity contribution in [2.24, 2.45) is 0 Å². The van der Waals surface area contributed by atoms with Crippen LogP contribution in [0.4, 0.5) is 5.69 Å². The number of rotatable bonds is 10. The summed E-state index contributed by atoms with van der Waals surface area (Å²) >= 11 is 0. The van der Waals surface area contributed by atoms with Crippen molar-refractivity contribution >= 4 is 11.6 Å². The van der Waals surface area contributed by atoms with E-state index < -0.39 is 0 Å². The second-order valence-corrected chi connectivity index (χ2v) is 6.92. The van der Waals surface area contributed by atoms with E-state index in [1.54, 1.807) is 0 Å². The average molecular weight is 405 g/mol. The standard InChI is InChI=1S/C25H28N2O3/c1-2-27(23-14-12-21(13-15-23)25(29)26-16-17-28)18-22-10-6-7-11-24(22)30-19-20-8-4-3-5-9-20/h3-15,28H,2,16-19H2,1H3,(H,26,29). The van der Waals surface area contributed by atoms with E-state index in [1.807, 2.05) is 60.7 Å². The lowest BCUT2D eigenvalue weighted by atomic mass is 10.1. The molecule has 3 aromatic carbocycles. The molecule has 0 unspecified atom stereocenters. The van der Waals surface area contributed by atoms with E-state index in [-0.39, 0.29) is 19.1 Å². The number of nitrogens with zero attached hydrogens (tertiary/aromatic N) is 1. The molecule has 3 aromatic rings. The maximum atomic E-state index is 12.0. The third-order valence-corrected chi connectivity index (χ3v) is 4.84. The summed E-state index contributed by atoms with van der Waals surface area (Å²) in [7, 11) is 0. The van der Waals surface area contributed by atoms with Crippen molar-refractivity contribution < 1.29 is 14.6 Å². The van der Waals surface area contributed by atoms with E-state index in [0.29, 0.717) is 18.7 Å². The van der Waals surface area contributed by atoms with Gasteiger partial charge in [0.2, 0.25) is 0 Å². The predicted octanol–water partition coefficient (Wildman–Crippen LogP) is 4.01. The first kappa shape index (κ1) is 21.4. The van der Waals surface area contributed by atoms with Gasteiger partial charge in [0.25, 0.3) is 5.91 Å². The lowest BCUT2D eigenvalue weighted by Crippen LogP contribution is -2.26. The number of nitrogens with one attached hydrogen (secondary N) is 1. The molecule has 0 heterocycles. The number of para-hydroxylation sites is 1. The Bertz CT molecular complexity index is 927. The predicted molar refractivity (Wildman–Crippen MR) is 120 cm³/mol. The fourth-order valence-corrected chi connectivity index (χ4v) is 3.20. The van der Waals surface area contributed by atoms with Crippen molar-refractivity contribution in [2.45, 2.75) is 20.1 Å². The lowest BCUT2D eigenvalue weighted by Gasteiger charge is -2.24. The van der Waals surface area contributed by atoms with Gasteiger partial charge in [-0.2, -0.15) is 0 Å². The van der Waals surface area contributed by atoms with Gasteiger partial charge in [0.1, 0.15) is 12.4 Å². The molecule has 0 saturated heterocycles. The van der Waals surface area contributed by atoms with Gasteiger partial charge in [-0.1, -0.05) is 48.5 Å². The lowest BCUT2D eigenvalue weighted by molar-refractivity contribution is 0.0945. The molecule has 3 rings (SSSR count). The maximum Gasteiger partial charge on any atom is 0.251 e. The molecule has 5 nitrogen and oxygen atoms in total. The Kier molecular flexibility index (Phi) is 7.86. The Hall–Kier alpha value is -3.31. The van der Waals surface area contributed by atoms with Crippen LogP contribution in [0.1, 0.15) is 28.4 Å². The molecule has 2 N–H and O–H groups in total. The van der Waals surface area contributed by atoms with Gasteiger partial charge >= 0.3 is 0 Å². The molecule has 156 valence electrons. The Labute approximate surface area is 177 Å². The third-order valence-electron chi connectivity index (χ3n) is 4.84. The first-order chi connectivity index (χ1) is 14.7. The van der Waals surface area contributed by atoms with Gasteiger partial charge in [-0.25, -0.2) is 0 Å². The summed E-state index contributed by atoms with van der Waals surface area (Å²) in [6.45, 7) is 4.35. The van der Waals surface area contributed by atoms with Crippen LogP contribution in [0.3, 0.4) is 0 Å². The van der Waals surface area contributed by atoms with Gasteiger partial charge in [-0.15, -0.1) is 0 Å². The zero-order chi connectivity index (χ0) is 21.2. The maximum absolute atomic E-state index is 12.0. The first-order valence-electron chi connectivity index (χ1n) is 10.2. The highest BCUT2D eigenvalue weighted by molar-refractivity contribution is 5.94. The normalized spacial score (nSPS) is 10.5. The van der Waals surface area contributed by atoms with Gasteiger partial charge in [-0.3, -0.25) is 4.79 Å². The SMILES string of the molecule is CCN(Cc1ccccc1OCc1ccccc1)c1ccc(C(=O)NCCO)cc1. The molecule has 0 aliphatic carbocycles. The molecular formula is C25H28N2O3. The summed E-state index contributed by atoms with van der Waals surface area (Å²) in [6, 6.07) is 25.7. The number of carbonyl (C=O) groups is 1. The Morgan fingerprint density at radius 1 is 0.967 bits per heavy atom. The number of amides is 1. The highest BCUT2D eigenvalue weighted by Gasteiger charge is 2.11. The Morgan fingerprint density at radius 2 is 1.67 bits per heavy atom. The summed E-state index contributed by atoms with van der Waals surface area (Å²) in [6.07, 6.45) is 0. The van der Waals surface area contributed by atoms with E-state index in [9.17, 15) is 4.79 Å². The summed E-state index contributed by atoms with van der Waals surface area (Å²) in [5.74, 6) is 0.693. The molecule has 30 heavy (non-hydrogen) atoms. The number of aliphatic hydroxyl groups excluding tert-OH is 1.